The lowest BCUT2D eigenvalue weighted by Gasteiger charge is -2.39. The van der Waals surface area contributed by atoms with E-state index in [0.717, 1.165) is 43.7 Å². The van der Waals surface area contributed by atoms with Gasteiger partial charge in [-0.25, -0.2) is 0 Å². The van der Waals surface area contributed by atoms with Gasteiger partial charge < -0.3 is 10.2 Å². The number of carbonyl (C=O) groups excluding carboxylic acids is 1. The minimum atomic E-state index is -0.342. The molecule has 1 spiro atoms. The van der Waals surface area contributed by atoms with Crippen molar-refractivity contribution in [3.63, 3.8) is 0 Å². The van der Waals surface area contributed by atoms with Crippen LogP contribution in [0.2, 0.25) is 0 Å². The highest BCUT2D eigenvalue weighted by atomic mass is 16.1. The number of benzene rings is 1. The summed E-state index contributed by atoms with van der Waals surface area (Å²) in [6.07, 6.45) is 1.84. The third kappa shape index (κ3) is 2.67. The molecule has 0 amide bonds. The molecule has 2 aliphatic heterocycles. The second-order valence-electron chi connectivity index (χ2n) is 7.69. The Morgan fingerprint density at radius 3 is 2.45 bits per heavy atom. The fraction of sp³-hybridized carbons (Fsp3) is 0.632. The van der Waals surface area contributed by atoms with Crippen LogP contribution in [0.15, 0.2) is 18.2 Å². The molecule has 0 atom stereocenters. The molecule has 2 heterocycles. The topological polar surface area (TPSA) is 32.3 Å². The van der Waals surface area contributed by atoms with Crippen molar-refractivity contribution in [1.29, 1.82) is 0 Å². The van der Waals surface area contributed by atoms with E-state index in [-0.39, 0.29) is 5.54 Å². The summed E-state index contributed by atoms with van der Waals surface area (Å²) in [5, 5.41) is 3.56. The number of ketones is 1. The first-order valence-corrected chi connectivity index (χ1v) is 8.60. The van der Waals surface area contributed by atoms with E-state index in [1.165, 1.54) is 5.56 Å². The van der Waals surface area contributed by atoms with E-state index < -0.39 is 0 Å². The number of hydrogen-bond donors (Lipinski definition) is 1. The standard InChI is InChI=1S/C19H28N2O/c1-13(2)12-21-9-7-19(8-10-21)18(22)16-11-15(14(3)4)5-6-17(16)20-19/h5-6,11,13-14,20H,7-10,12H2,1-4H3. The van der Waals surface area contributed by atoms with Crippen molar-refractivity contribution in [2.45, 2.75) is 52.0 Å². The minimum absolute atomic E-state index is 0.314. The van der Waals surface area contributed by atoms with Gasteiger partial charge in [0.05, 0.1) is 0 Å². The lowest BCUT2D eigenvalue weighted by Crippen LogP contribution is -2.52. The Kier molecular flexibility index (Phi) is 4.02. The normalized spacial score (nSPS) is 20.7. The molecule has 22 heavy (non-hydrogen) atoms. The van der Waals surface area contributed by atoms with Crippen LogP contribution in [-0.4, -0.2) is 35.9 Å². The highest BCUT2D eigenvalue weighted by Crippen LogP contribution is 2.40. The number of Topliss-reactive ketones (excluding diaryl/α,β-unsaturated/α-hetero) is 1. The zero-order valence-corrected chi connectivity index (χ0v) is 14.3. The summed E-state index contributed by atoms with van der Waals surface area (Å²) in [7, 11) is 0. The zero-order chi connectivity index (χ0) is 15.9. The number of anilines is 1. The average molecular weight is 300 g/mol. The summed E-state index contributed by atoms with van der Waals surface area (Å²) < 4.78 is 0. The molecule has 0 saturated carbocycles. The number of piperidine rings is 1. The van der Waals surface area contributed by atoms with Gasteiger partial charge in [0.1, 0.15) is 5.54 Å². The number of fused-ring (bicyclic) bond motifs is 1. The summed E-state index contributed by atoms with van der Waals surface area (Å²) in [5.74, 6) is 1.46. The number of hydrogen-bond acceptors (Lipinski definition) is 3. The molecule has 0 aliphatic carbocycles. The first kappa shape index (κ1) is 15.5. The lowest BCUT2D eigenvalue weighted by atomic mass is 9.83. The van der Waals surface area contributed by atoms with Gasteiger partial charge in [-0.15, -0.1) is 0 Å². The largest absolute Gasteiger partial charge is 0.372 e. The summed E-state index contributed by atoms with van der Waals surface area (Å²) in [4.78, 5) is 15.5. The zero-order valence-electron chi connectivity index (χ0n) is 14.3. The Hall–Kier alpha value is -1.35. The molecule has 0 aromatic heterocycles. The van der Waals surface area contributed by atoms with Gasteiger partial charge in [-0.3, -0.25) is 4.79 Å². The Balaban J connectivity index is 1.77. The summed E-state index contributed by atoms with van der Waals surface area (Å²) in [6.45, 7) is 12.0. The molecule has 3 nitrogen and oxygen atoms in total. The molecular weight excluding hydrogens is 272 g/mol. The molecular formula is C19H28N2O. The fourth-order valence-electron chi connectivity index (χ4n) is 3.78. The van der Waals surface area contributed by atoms with E-state index in [0.29, 0.717) is 17.6 Å². The number of nitrogens with one attached hydrogen (secondary N) is 1. The monoisotopic (exact) mass is 300 g/mol. The Morgan fingerprint density at radius 2 is 1.86 bits per heavy atom. The molecule has 0 unspecified atom stereocenters. The van der Waals surface area contributed by atoms with Crippen molar-refractivity contribution in [1.82, 2.24) is 4.90 Å². The number of likely N-dealkylation sites (tertiary alicyclic amines) is 1. The van der Waals surface area contributed by atoms with Gasteiger partial charge in [-0.2, -0.15) is 0 Å². The molecule has 1 fully saturated rings. The third-order valence-corrected chi connectivity index (χ3v) is 5.10. The van der Waals surface area contributed by atoms with Crippen LogP contribution < -0.4 is 5.32 Å². The third-order valence-electron chi connectivity index (χ3n) is 5.10. The van der Waals surface area contributed by atoms with Crippen molar-refractivity contribution in [2.75, 3.05) is 25.0 Å². The van der Waals surface area contributed by atoms with Crippen LogP contribution in [0.5, 0.6) is 0 Å². The van der Waals surface area contributed by atoms with Crippen LogP contribution in [0.4, 0.5) is 5.69 Å². The predicted molar refractivity (Wildman–Crippen MR) is 91.7 cm³/mol. The highest BCUT2D eigenvalue weighted by Gasteiger charge is 2.46. The van der Waals surface area contributed by atoms with Gasteiger partial charge >= 0.3 is 0 Å². The summed E-state index contributed by atoms with van der Waals surface area (Å²) in [6, 6.07) is 6.35. The molecule has 2 aliphatic rings. The second kappa shape index (κ2) is 5.69. The maximum Gasteiger partial charge on any atom is 0.190 e. The van der Waals surface area contributed by atoms with Crippen LogP contribution in [0, 0.1) is 5.92 Å². The van der Waals surface area contributed by atoms with Crippen molar-refractivity contribution < 1.29 is 4.79 Å². The molecule has 1 aromatic rings. The van der Waals surface area contributed by atoms with Crippen LogP contribution in [0.1, 0.15) is 62.4 Å². The predicted octanol–water partition coefficient (Wildman–Crippen LogP) is 3.91. The van der Waals surface area contributed by atoms with Crippen molar-refractivity contribution in [3.8, 4) is 0 Å². The second-order valence-corrected chi connectivity index (χ2v) is 7.69. The SMILES string of the molecule is CC(C)CN1CCC2(CC1)Nc1ccc(C(C)C)cc1C2=O. The quantitative estimate of drug-likeness (QED) is 0.918. The van der Waals surface area contributed by atoms with Crippen molar-refractivity contribution in [3.05, 3.63) is 29.3 Å². The average Bonchev–Trinajstić information content (AvgIpc) is 2.74. The van der Waals surface area contributed by atoms with E-state index in [1.54, 1.807) is 0 Å². The smallest absolute Gasteiger partial charge is 0.190 e. The molecule has 0 bridgehead atoms. The summed E-state index contributed by atoms with van der Waals surface area (Å²) >= 11 is 0. The molecule has 0 radical (unpaired) electrons. The highest BCUT2D eigenvalue weighted by molar-refractivity contribution is 6.13. The van der Waals surface area contributed by atoms with E-state index in [9.17, 15) is 4.79 Å². The fourth-order valence-corrected chi connectivity index (χ4v) is 3.78. The maximum atomic E-state index is 13.0. The van der Waals surface area contributed by atoms with Crippen molar-refractivity contribution >= 4 is 11.5 Å². The van der Waals surface area contributed by atoms with E-state index >= 15 is 0 Å². The molecule has 3 heteroatoms. The van der Waals surface area contributed by atoms with Gasteiger partial charge in [0, 0.05) is 30.9 Å². The molecule has 3 rings (SSSR count). The molecule has 1 saturated heterocycles. The molecule has 1 N–H and O–H groups in total. The van der Waals surface area contributed by atoms with Crippen molar-refractivity contribution in [2.24, 2.45) is 5.92 Å². The van der Waals surface area contributed by atoms with Crippen LogP contribution in [0.25, 0.3) is 0 Å². The van der Waals surface area contributed by atoms with Crippen LogP contribution in [0.3, 0.4) is 0 Å². The number of carbonyl (C=O) groups is 1. The van der Waals surface area contributed by atoms with Gasteiger partial charge in [0.2, 0.25) is 0 Å². The van der Waals surface area contributed by atoms with E-state index in [1.807, 2.05) is 0 Å². The van der Waals surface area contributed by atoms with E-state index in [2.05, 4.69) is 56.1 Å². The Morgan fingerprint density at radius 1 is 1.18 bits per heavy atom. The minimum Gasteiger partial charge on any atom is -0.372 e. The molecule has 120 valence electrons. The van der Waals surface area contributed by atoms with Crippen LogP contribution in [-0.2, 0) is 0 Å². The van der Waals surface area contributed by atoms with Gasteiger partial charge in [-0.05, 0) is 42.4 Å². The Bertz CT molecular complexity index is 569. The van der Waals surface area contributed by atoms with Gasteiger partial charge in [0.25, 0.3) is 0 Å². The number of rotatable bonds is 3. The maximum absolute atomic E-state index is 13.0. The lowest BCUT2D eigenvalue weighted by molar-refractivity contribution is 0.0822. The molecule has 1 aromatic carbocycles. The Labute approximate surface area is 134 Å². The van der Waals surface area contributed by atoms with E-state index in [4.69, 9.17) is 0 Å². The summed E-state index contributed by atoms with van der Waals surface area (Å²) in [5.41, 5.74) is 2.85. The van der Waals surface area contributed by atoms with Crippen LogP contribution >= 0.6 is 0 Å². The number of nitrogens with zero attached hydrogens (tertiary/aromatic N) is 1. The van der Waals surface area contributed by atoms with Gasteiger partial charge in [0.15, 0.2) is 5.78 Å². The first-order chi connectivity index (χ1) is 10.4. The van der Waals surface area contributed by atoms with Gasteiger partial charge in [-0.1, -0.05) is 33.8 Å². The first-order valence-electron chi connectivity index (χ1n) is 8.60.